The number of carbonyl (C=O) groups is 1. The lowest BCUT2D eigenvalue weighted by atomic mass is 10.2. The lowest BCUT2D eigenvalue weighted by molar-refractivity contribution is -0.118. The van der Waals surface area contributed by atoms with E-state index >= 15 is 0 Å². The molecular formula is C16H18N4O3S. The van der Waals surface area contributed by atoms with Crippen LogP contribution in [0, 0.1) is 0 Å². The van der Waals surface area contributed by atoms with Crippen LogP contribution in [0.15, 0.2) is 53.7 Å². The first-order chi connectivity index (χ1) is 11.5. The van der Waals surface area contributed by atoms with E-state index in [4.69, 9.17) is 0 Å². The van der Waals surface area contributed by atoms with Crippen molar-refractivity contribution in [2.75, 3.05) is 36.9 Å². The Kier molecular flexibility index (Phi) is 4.50. The number of likely N-dealkylation sites (N-methyl/N-ethyl adjacent to an activating group) is 1. The maximum atomic E-state index is 12.6. The number of rotatable bonds is 4. The summed E-state index contributed by atoms with van der Waals surface area (Å²) in [6.45, 7) is 0.893. The smallest absolute Gasteiger partial charge is 0.244 e. The van der Waals surface area contributed by atoms with Gasteiger partial charge in [-0.1, -0.05) is 12.1 Å². The molecule has 2 aromatic rings. The van der Waals surface area contributed by atoms with Crippen molar-refractivity contribution in [2.24, 2.45) is 0 Å². The molecule has 0 unspecified atom stereocenters. The van der Waals surface area contributed by atoms with Gasteiger partial charge in [0.2, 0.25) is 15.9 Å². The van der Waals surface area contributed by atoms with Crippen LogP contribution in [0.1, 0.15) is 0 Å². The van der Waals surface area contributed by atoms with Gasteiger partial charge in [-0.3, -0.25) is 9.78 Å². The summed E-state index contributed by atoms with van der Waals surface area (Å²) in [5, 5.41) is 3.22. The van der Waals surface area contributed by atoms with E-state index in [1.54, 1.807) is 11.0 Å². The topological polar surface area (TPSA) is 82.6 Å². The maximum absolute atomic E-state index is 12.6. The fourth-order valence-electron chi connectivity index (χ4n) is 2.58. The zero-order valence-corrected chi connectivity index (χ0v) is 14.0. The van der Waals surface area contributed by atoms with Crippen molar-refractivity contribution in [2.45, 2.75) is 4.90 Å². The van der Waals surface area contributed by atoms with Crippen molar-refractivity contribution in [1.29, 1.82) is 0 Å². The van der Waals surface area contributed by atoms with E-state index in [-0.39, 0.29) is 17.3 Å². The van der Waals surface area contributed by atoms with E-state index in [0.29, 0.717) is 13.1 Å². The molecule has 8 heteroatoms. The first kappa shape index (κ1) is 16.4. The van der Waals surface area contributed by atoms with E-state index in [0.717, 1.165) is 15.7 Å². The van der Waals surface area contributed by atoms with Crippen molar-refractivity contribution < 1.29 is 13.2 Å². The summed E-state index contributed by atoms with van der Waals surface area (Å²) in [5.41, 5.74) is 1.63. The summed E-state index contributed by atoms with van der Waals surface area (Å²) >= 11 is 0. The van der Waals surface area contributed by atoms with Crippen molar-refractivity contribution in [3.63, 3.8) is 0 Å². The minimum Gasteiger partial charge on any atom is -0.382 e. The van der Waals surface area contributed by atoms with Gasteiger partial charge in [-0.25, -0.2) is 8.42 Å². The Morgan fingerprint density at radius 3 is 2.83 bits per heavy atom. The molecule has 7 nitrogen and oxygen atoms in total. The fourth-order valence-corrected chi connectivity index (χ4v) is 3.67. The average molecular weight is 346 g/mol. The minimum absolute atomic E-state index is 0.0704. The van der Waals surface area contributed by atoms with Crippen LogP contribution in [0.5, 0.6) is 0 Å². The molecule has 1 amide bonds. The van der Waals surface area contributed by atoms with Gasteiger partial charge < -0.3 is 10.2 Å². The summed E-state index contributed by atoms with van der Waals surface area (Å²) in [4.78, 5) is 18.1. The van der Waals surface area contributed by atoms with Crippen molar-refractivity contribution >= 4 is 27.3 Å². The molecule has 1 aliphatic rings. The van der Waals surface area contributed by atoms with Crippen LogP contribution in [0.25, 0.3) is 0 Å². The number of amides is 1. The van der Waals surface area contributed by atoms with Crippen LogP contribution in [-0.4, -0.2) is 50.3 Å². The zero-order valence-electron chi connectivity index (χ0n) is 13.2. The van der Waals surface area contributed by atoms with E-state index in [1.165, 1.54) is 25.5 Å². The quantitative estimate of drug-likeness (QED) is 0.898. The molecule has 0 aliphatic carbocycles. The molecule has 2 heterocycles. The SMILES string of the molecule is CN(CC(=O)N1CCNc2ccccc21)S(=O)(=O)c1cccnc1. The summed E-state index contributed by atoms with van der Waals surface area (Å²) in [5.74, 6) is -0.265. The highest BCUT2D eigenvalue weighted by Gasteiger charge is 2.27. The lowest BCUT2D eigenvalue weighted by Crippen LogP contribution is -2.45. The van der Waals surface area contributed by atoms with E-state index in [2.05, 4.69) is 10.3 Å². The highest BCUT2D eigenvalue weighted by atomic mass is 32.2. The molecule has 0 saturated carbocycles. The number of hydrogen-bond donors (Lipinski definition) is 1. The number of fused-ring (bicyclic) bond motifs is 1. The van der Waals surface area contributed by atoms with Crippen molar-refractivity contribution in [1.82, 2.24) is 9.29 Å². The number of hydrogen-bond acceptors (Lipinski definition) is 5. The Hall–Kier alpha value is -2.45. The first-order valence-corrected chi connectivity index (χ1v) is 8.94. The molecule has 0 bridgehead atoms. The molecule has 1 aromatic carbocycles. The Morgan fingerprint density at radius 2 is 2.08 bits per heavy atom. The predicted octanol–water partition coefficient (Wildman–Crippen LogP) is 1.16. The summed E-state index contributed by atoms with van der Waals surface area (Å²) in [7, 11) is -2.35. The fraction of sp³-hybridized carbons (Fsp3) is 0.250. The predicted molar refractivity (Wildman–Crippen MR) is 91.3 cm³/mol. The molecule has 0 saturated heterocycles. The Morgan fingerprint density at radius 1 is 1.29 bits per heavy atom. The highest BCUT2D eigenvalue weighted by molar-refractivity contribution is 7.89. The molecule has 126 valence electrons. The van der Waals surface area contributed by atoms with Crippen LogP contribution in [0.3, 0.4) is 0 Å². The third-order valence-electron chi connectivity index (χ3n) is 3.85. The van der Waals surface area contributed by atoms with Gasteiger partial charge >= 0.3 is 0 Å². The van der Waals surface area contributed by atoms with Gasteiger partial charge in [0.15, 0.2) is 0 Å². The summed E-state index contributed by atoms with van der Waals surface area (Å²) in [6, 6.07) is 10.5. The van der Waals surface area contributed by atoms with Crippen molar-refractivity contribution in [3.05, 3.63) is 48.8 Å². The largest absolute Gasteiger partial charge is 0.382 e. The molecule has 24 heavy (non-hydrogen) atoms. The molecule has 0 fully saturated rings. The number of anilines is 2. The number of para-hydroxylation sites is 2. The summed E-state index contributed by atoms with van der Waals surface area (Å²) in [6.07, 6.45) is 2.78. The van der Waals surface area contributed by atoms with Gasteiger partial charge in [0.25, 0.3) is 0 Å². The molecule has 0 radical (unpaired) electrons. The normalized spacial score (nSPS) is 14.2. The van der Waals surface area contributed by atoms with Crippen LogP contribution in [0.4, 0.5) is 11.4 Å². The average Bonchev–Trinajstić information content (AvgIpc) is 2.61. The molecule has 3 rings (SSSR count). The van der Waals surface area contributed by atoms with Gasteiger partial charge in [0.1, 0.15) is 4.90 Å². The number of aromatic nitrogens is 1. The number of carbonyl (C=O) groups excluding carboxylic acids is 1. The molecular weight excluding hydrogens is 328 g/mol. The molecule has 0 atom stereocenters. The first-order valence-electron chi connectivity index (χ1n) is 7.50. The zero-order chi connectivity index (χ0) is 17.2. The van der Waals surface area contributed by atoms with Gasteiger partial charge in [0, 0.05) is 32.5 Å². The minimum atomic E-state index is -3.74. The third-order valence-corrected chi connectivity index (χ3v) is 5.63. The maximum Gasteiger partial charge on any atom is 0.244 e. The van der Waals surface area contributed by atoms with E-state index in [1.807, 2.05) is 24.3 Å². The standard InChI is InChI=1S/C16H18N4O3S/c1-19(24(22,23)13-5-4-8-17-11-13)12-16(21)20-10-9-18-14-6-2-3-7-15(14)20/h2-8,11,18H,9-10,12H2,1H3. The van der Waals surface area contributed by atoms with Gasteiger partial charge in [-0.05, 0) is 24.3 Å². The van der Waals surface area contributed by atoms with Crippen molar-refractivity contribution in [3.8, 4) is 0 Å². The van der Waals surface area contributed by atoms with E-state index < -0.39 is 10.0 Å². The number of sulfonamides is 1. The number of benzene rings is 1. The second kappa shape index (κ2) is 6.58. The molecule has 0 spiro atoms. The molecule has 1 aliphatic heterocycles. The highest BCUT2D eigenvalue weighted by Crippen LogP contribution is 2.28. The number of nitrogens with one attached hydrogen (secondary N) is 1. The Labute approximate surface area is 141 Å². The second-order valence-corrected chi connectivity index (χ2v) is 7.48. The second-order valence-electron chi connectivity index (χ2n) is 5.44. The van der Waals surface area contributed by atoms with Crippen LogP contribution >= 0.6 is 0 Å². The molecule has 1 aromatic heterocycles. The Balaban J connectivity index is 1.78. The van der Waals surface area contributed by atoms with Crippen LogP contribution in [-0.2, 0) is 14.8 Å². The summed E-state index contributed by atoms with van der Waals surface area (Å²) < 4.78 is 26.1. The number of pyridine rings is 1. The molecule has 1 N–H and O–H groups in total. The third kappa shape index (κ3) is 3.10. The monoisotopic (exact) mass is 346 g/mol. The van der Waals surface area contributed by atoms with Gasteiger partial charge in [-0.2, -0.15) is 4.31 Å². The van der Waals surface area contributed by atoms with Crippen LogP contribution < -0.4 is 10.2 Å². The lowest BCUT2D eigenvalue weighted by Gasteiger charge is -2.31. The van der Waals surface area contributed by atoms with E-state index in [9.17, 15) is 13.2 Å². The number of nitrogens with zero attached hydrogens (tertiary/aromatic N) is 3. The van der Waals surface area contributed by atoms with Gasteiger partial charge in [0.05, 0.1) is 17.9 Å². The van der Waals surface area contributed by atoms with Gasteiger partial charge in [-0.15, -0.1) is 0 Å². The Bertz CT molecular complexity index is 839. The van der Waals surface area contributed by atoms with Crippen LogP contribution in [0.2, 0.25) is 0 Å².